The van der Waals surface area contributed by atoms with Crippen LogP contribution in [-0.4, -0.2) is 16.8 Å². The third-order valence-electron chi connectivity index (χ3n) is 2.91. The zero-order valence-electron chi connectivity index (χ0n) is 10.3. The van der Waals surface area contributed by atoms with Crippen molar-refractivity contribution in [1.29, 1.82) is 0 Å². The topological polar surface area (TPSA) is 29.9 Å². The van der Waals surface area contributed by atoms with E-state index in [0.717, 1.165) is 15.5 Å². The quantitative estimate of drug-likeness (QED) is 0.885. The molecule has 5 heteroatoms. The van der Waals surface area contributed by atoms with Crippen molar-refractivity contribution in [2.24, 2.45) is 0 Å². The molecular weight excluding hydrogens is 358 g/mol. The fourth-order valence-corrected chi connectivity index (χ4v) is 3.33. The Morgan fingerprint density at radius 1 is 1.33 bits per heavy atom. The van der Waals surface area contributed by atoms with Crippen LogP contribution in [0.4, 0.5) is 0 Å². The van der Waals surface area contributed by atoms with Crippen molar-refractivity contribution in [3.05, 3.63) is 50.7 Å². The molecule has 2 rings (SSSR count). The van der Waals surface area contributed by atoms with Crippen LogP contribution < -0.4 is 5.32 Å². The van der Waals surface area contributed by atoms with Crippen LogP contribution in [0.3, 0.4) is 0 Å². The maximum absolute atomic E-state index is 4.33. The van der Waals surface area contributed by atoms with Gasteiger partial charge in [-0.15, -0.1) is 0 Å². The highest BCUT2D eigenvalue weighted by Gasteiger charge is 2.18. The van der Waals surface area contributed by atoms with Gasteiger partial charge in [-0.2, -0.15) is 5.10 Å². The number of nitrogens with zero attached hydrogens (tertiary/aromatic N) is 2. The molecule has 96 valence electrons. The van der Waals surface area contributed by atoms with Gasteiger partial charge in [0, 0.05) is 21.7 Å². The van der Waals surface area contributed by atoms with Gasteiger partial charge in [0.15, 0.2) is 0 Å². The second kappa shape index (κ2) is 5.99. The molecule has 0 aliphatic heterocycles. The third-order valence-corrected chi connectivity index (χ3v) is 4.09. The third kappa shape index (κ3) is 2.68. The molecule has 0 bridgehead atoms. The predicted molar refractivity (Wildman–Crippen MR) is 80.6 cm³/mol. The van der Waals surface area contributed by atoms with Crippen LogP contribution >= 0.6 is 31.9 Å². The molecule has 0 aliphatic rings. The molecule has 0 amide bonds. The molecular formula is C13H15Br2N3. The molecule has 3 nitrogen and oxygen atoms in total. The SMILES string of the molecule is CCn1nccc1C(NC)c1ccc(Br)cc1Br. The van der Waals surface area contributed by atoms with Gasteiger partial charge in [0.25, 0.3) is 0 Å². The Kier molecular flexibility index (Phi) is 4.59. The lowest BCUT2D eigenvalue weighted by atomic mass is 10.0. The van der Waals surface area contributed by atoms with Crippen LogP contribution in [0.25, 0.3) is 0 Å². The molecule has 0 fully saturated rings. The van der Waals surface area contributed by atoms with E-state index in [2.05, 4.69) is 73.5 Å². The van der Waals surface area contributed by atoms with Crippen molar-refractivity contribution in [2.45, 2.75) is 19.5 Å². The van der Waals surface area contributed by atoms with Gasteiger partial charge >= 0.3 is 0 Å². The van der Waals surface area contributed by atoms with E-state index in [-0.39, 0.29) is 6.04 Å². The molecule has 1 N–H and O–H groups in total. The average Bonchev–Trinajstić information content (AvgIpc) is 2.81. The summed E-state index contributed by atoms with van der Waals surface area (Å²) < 4.78 is 4.16. The second-order valence-electron chi connectivity index (χ2n) is 3.96. The molecule has 0 aliphatic carbocycles. The molecule has 0 saturated carbocycles. The van der Waals surface area contributed by atoms with Crippen molar-refractivity contribution in [1.82, 2.24) is 15.1 Å². The lowest BCUT2D eigenvalue weighted by Gasteiger charge is -2.19. The number of nitrogens with one attached hydrogen (secondary N) is 1. The highest BCUT2D eigenvalue weighted by Crippen LogP contribution is 2.30. The first-order valence-corrected chi connectivity index (χ1v) is 7.40. The number of hydrogen-bond donors (Lipinski definition) is 1. The smallest absolute Gasteiger partial charge is 0.0756 e. The number of halogens is 2. The van der Waals surface area contributed by atoms with E-state index >= 15 is 0 Å². The summed E-state index contributed by atoms with van der Waals surface area (Å²) in [6.45, 7) is 2.97. The minimum absolute atomic E-state index is 0.134. The summed E-state index contributed by atoms with van der Waals surface area (Å²) >= 11 is 7.10. The van der Waals surface area contributed by atoms with Crippen LogP contribution in [-0.2, 0) is 6.54 Å². The Morgan fingerprint density at radius 3 is 2.72 bits per heavy atom. The molecule has 18 heavy (non-hydrogen) atoms. The summed E-state index contributed by atoms with van der Waals surface area (Å²) in [7, 11) is 1.96. The molecule has 0 saturated heterocycles. The lowest BCUT2D eigenvalue weighted by Crippen LogP contribution is -2.21. The first-order chi connectivity index (χ1) is 8.67. The van der Waals surface area contributed by atoms with Gasteiger partial charge in [-0.05, 0) is 37.7 Å². The van der Waals surface area contributed by atoms with E-state index in [1.54, 1.807) is 0 Å². The Hall–Kier alpha value is -0.650. The summed E-state index contributed by atoms with van der Waals surface area (Å²) in [5.74, 6) is 0. The molecule has 1 aromatic heterocycles. The molecule has 0 radical (unpaired) electrons. The van der Waals surface area contributed by atoms with Crippen molar-refractivity contribution in [3.63, 3.8) is 0 Å². The summed E-state index contributed by atoms with van der Waals surface area (Å²) in [6.07, 6.45) is 1.84. The second-order valence-corrected chi connectivity index (χ2v) is 5.73. The fraction of sp³-hybridized carbons (Fsp3) is 0.308. The zero-order valence-corrected chi connectivity index (χ0v) is 13.5. The molecule has 0 spiro atoms. The molecule has 2 aromatic rings. The highest BCUT2D eigenvalue weighted by atomic mass is 79.9. The zero-order chi connectivity index (χ0) is 13.1. The van der Waals surface area contributed by atoms with Crippen LogP contribution in [0.2, 0.25) is 0 Å². The monoisotopic (exact) mass is 371 g/mol. The van der Waals surface area contributed by atoms with E-state index < -0.39 is 0 Å². The Morgan fingerprint density at radius 2 is 2.11 bits per heavy atom. The summed E-state index contributed by atoms with van der Waals surface area (Å²) in [4.78, 5) is 0. The average molecular weight is 373 g/mol. The van der Waals surface area contributed by atoms with E-state index in [1.165, 1.54) is 11.3 Å². The minimum atomic E-state index is 0.134. The minimum Gasteiger partial charge on any atom is -0.308 e. The van der Waals surface area contributed by atoms with Crippen LogP contribution in [0.15, 0.2) is 39.4 Å². The van der Waals surface area contributed by atoms with Crippen molar-refractivity contribution in [2.75, 3.05) is 7.05 Å². The van der Waals surface area contributed by atoms with E-state index in [4.69, 9.17) is 0 Å². The first kappa shape index (κ1) is 13.8. The summed E-state index contributed by atoms with van der Waals surface area (Å²) in [5, 5.41) is 7.68. The van der Waals surface area contributed by atoms with Gasteiger partial charge < -0.3 is 5.32 Å². The predicted octanol–water partition coefficient (Wildman–Crippen LogP) is 3.74. The van der Waals surface area contributed by atoms with Gasteiger partial charge in [0.1, 0.15) is 0 Å². The van der Waals surface area contributed by atoms with Crippen LogP contribution in [0, 0.1) is 0 Å². The molecule has 1 atom stereocenters. The van der Waals surface area contributed by atoms with Crippen molar-refractivity contribution >= 4 is 31.9 Å². The Labute approximate surface area is 124 Å². The maximum Gasteiger partial charge on any atom is 0.0756 e. The van der Waals surface area contributed by atoms with Crippen LogP contribution in [0.5, 0.6) is 0 Å². The van der Waals surface area contributed by atoms with Crippen molar-refractivity contribution in [3.8, 4) is 0 Å². The normalized spacial score (nSPS) is 12.7. The van der Waals surface area contributed by atoms with Gasteiger partial charge in [0.05, 0.1) is 11.7 Å². The standard InChI is InChI=1S/C13H15Br2N3/c1-3-18-12(6-7-17-18)13(16-2)10-5-4-9(14)8-11(10)15/h4-8,13,16H,3H2,1-2H3. The maximum atomic E-state index is 4.33. The highest BCUT2D eigenvalue weighted by molar-refractivity contribution is 9.11. The number of hydrogen-bond acceptors (Lipinski definition) is 2. The van der Waals surface area contributed by atoms with Crippen LogP contribution in [0.1, 0.15) is 24.2 Å². The van der Waals surface area contributed by atoms with E-state index in [1.807, 2.05) is 17.9 Å². The number of rotatable bonds is 4. The van der Waals surface area contributed by atoms with Gasteiger partial charge in [-0.1, -0.05) is 37.9 Å². The van der Waals surface area contributed by atoms with Gasteiger partial charge in [0.2, 0.25) is 0 Å². The number of benzene rings is 1. The number of aryl methyl sites for hydroxylation is 1. The van der Waals surface area contributed by atoms with E-state index in [0.29, 0.717) is 0 Å². The fourth-order valence-electron chi connectivity index (χ4n) is 2.05. The van der Waals surface area contributed by atoms with Gasteiger partial charge in [-0.3, -0.25) is 4.68 Å². The largest absolute Gasteiger partial charge is 0.308 e. The summed E-state index contributed by atoms with van der Waals surface area (Å²) in [6, 6.07) is 8.42. The number of aromatic nitrogens is 2. The Bertz CT molecular complexity index is 537. The Balaban J connectivity index is 2.45. The summed E-state index contributed by atoms with van der Waals surface area (Å²) in [5.41, 5.74) is 2.37. The van der Waals surface area contributed by atoms with Crippen molar-refractivity contribution < 1.29 is 0 Å². The van der Waals surface area contributed by atoms with Gasteiger partial charge in [-0.25, -0.2) is 0 Å². The molecule has 1 heterocycles. The molecule has 1 aromatic carbocycles. The molecule has 1 unspecified atom stereocenters. The first-order valence-electron chi connectivity index (χ1n) is 5.81. The van der Waals surface area contributed by atoms with E-state index in [9.17, 15) is 0 Å². The lowest BCUT2D eigenvalue weighted by molar-refractivity contribution is 0.562.